The van der Waals surface area contributed by atoms with E-state index in [0.29, 0.717) is 25.8 Å². The fraction of sp³-hybridized carbons (Fsp3) is 0.545. The summed E-state index contributed by atoms with van der Waals surface area (Å²) in [6.07, 6.45) is 3.76. The van der Waals surface area contributed by atoms with E-state index in [1.807, 2.05) is 24.0 Å². The lowest BCUT2D eigenvalue weighted by Gasteiger charge is -2.26. The number of ether oxygens (including phenoxy) is 2. The van der Waals surface area contributed by atoms with Gasteiger partial charge in [-0.05, 0) is 18.5 Å². The average Bonchev–Trinajstić information content (AvgIpc) is 2.39. The van der Waals surface area contributed by atoms with Crippen LogP contribution in [-0.4, -0.2) is 47.9 Å². The molecule has 0 spiro atoms. The van der Waals surface area contributed by atoms with Gasteiger partial charge in [-0.25, -0.2) is 0 Å². The van der Waals surface area contributed by atoms with Crippen LogP contribution in [0.1, 0.15) is 6.92 Å². The number of morpholine rings is 1. The highest BCUT2D eigenvalue weighted by molar-refractivity contribution is 6.28. The summed E-state index contributed by atoms with van der Waals surface area (Å²) in [5.74, 6) is 0.536. The topological polar surface area (TPSA) is 60.4 Å². The van der Waals surface area contributed by atoms with Gasteiger partial charge in [0.2, 0.25) is 11.2 Å². The summed E-state index contributed by atoms with van der Waals surface area (Å²) in [6.45, 7) is 5.15. The molecule has 0 amide bonds. The summed E-state index contributed by atoms with van der Waals surface area (Å²) in [6, 6.07) is 0.245. The second kappa shape index (κ2) is 6.51. The number of allylic oxidation sites excluding steroid dienone is 1. The van der Waals surface area contributed by atoms with Crippen LogP contribution in [-0.2, 0) is 4.74 Å². The van der Waals surface area contributed by atoms with Gasteiger partial charge < -0.3 is 14.4 Å². The average molecular weight is 271 g/mol. The van der Waals surface area contributed by atoms with Gasteiger partial charge in [-0.15, -0.1) is 0 Å². The van der Waals surface area contributed by atoms with E-state index in [2.05, 4.69) is 15.0 Å². The van der Waals surface area contributed by atoms with E-state index >= 15 is 0 Å². The quantitative estimate of drug-likeness (QED) is 0.769. The molecule has 18 heavy (non-hydrogen) atoms. The Morgan fingerprint density at radius 3 is 2.83 bits per heavy atom. The maximum absolute atomic E-state index is 5.86. The first-order valence-corrected chi connectivity index (χ1v) is 6.15. The van der Waals surface area contributed by atoms with Crippen LogP contribution in [0.4, 0.5) is 5.95 Å². The highest BCUT2D eigenvalue weighted by atomic mass is 35.5. The zero-order chi connectivity index (χ0) is 12.8. The molecule has 0 bridgehead atoms. The van der Waals surface area contributed by atoms with Crippen molar-refractivity contribution in [3.05, 3.63) is 17.4 Å². The van der Waals surface area contributed by atoms with E-state index < -0.39 is 0 Å². The standard InChI is InChI=1S/C11H15ClN4O2/c1-2-3-6-18-11-14-9(12)13-10(15-11)16-4-7-17-8-5-16/h2-3H,4-8H2,1H3. The summed E-state index contributed by atoms with van der Waals surface area (Å²) in [5.41, 5.74) is 0. The molecule has 7 heteroatoms. The maximum atomic E-state index is 5.86. The molecular weight excluding hydrogens is 256 g/mol. The lowest BCUT2D eigenvalue weighted by atomic mass is 10.4. The van der Waals surface area contributed by atoms with Gasteiger partial charge in [0, 0.05) is 13.1 Å². The molecule has 0 saturated carbocycles. The van der Waals surface area contributed by atoms with E-state index in [9.17, 15) is 0 Å². The highest BCUT2D eigenvalue weighted by Gasteiger charge is 2.16. The number of hydrogen-bond donors (Lipinski definition) is 0. The number of rotatable bonds is 4. The predicted octanol–water partition coefficient (Wildman–Crippen LogP) is 1.32. The van der Waals surface area contributed by atoms with Crippen molar-refractivity contribution in [2.24, 2.45) is 0 Å². The van der Waals surface area contributed by atoms with E-state index in [-0.39, 0.29) is 11.3 Å². The Balaban J connectivity index is 2.09. The monoisotopic (exact) mass is 270 g/mol. The molecule has 0 unspecified atom stereocenters. The third-order valence-corrected chi connectivity index (χ3v) is 2.58. The fourth-order valence-corrected chi connectivity index (χ4v) is 1.66. The van der Waals surface area contributed by atoms with Crippen LogP contribution < -0.4 is 9.64 Å². The normalized spacial score (nSPS) is 16.2. The smallest absolute Gasteiger partial charge is 0.322 e. The molecule has 0 atom stereocenters. The van der Waals surface area contributed by atoms with Crippen LogP contribution in [0.2, 0.25) is 5.28 Å². The third-order valence-electron chi connectivity index (χ3n) is 2.41. The minimum atomic E-state index is 0.141. The zero-order valence-corrected chi connectivity index (χ0v) is 10.9. The number of hydrogen-bond acceptors (Lipinski definition) is 6. The van der Waals surface area contributed by atoms with Crippen LogP contribution in [0.3, 0.4) is 0 Å². The lowest BCUT2D eigenvalue weighted by Crippen LogP contribution is -2.37. The van der Waals surface area contributed by atoms with Gasteiger partial charge in [-0.1, -0.05) is 12.2 Å². The molecule has 1 fully saturated rings. The molecule has 2 rings (SSSR count). The molecule has 2 heterocycles. The van der Waals surface area contributed by atoms with Gasteiger partial charge in [-0.2, -0.15) is 15.0 Å². The number of halogens is 1. The molecule has 1 aliphatic heterocycles. The van der Waals surface area contributed by atoms with E-state index in [0.717, 1.165) is 13.1 Å². The molecule has 0 aromatic carbocycles. The van der Waals surface area contributed by atoms with Crippen molar-refractivity contribution < 1.29 is 9.47 Å². The molecule has 98 valence electrons. The second-order valence-electron chi connectivity index (χ2n) is 3.67. The number of anilines is 1. The van der Waals surface area contributed by atoms with Gasteiger partial charge >= 0.3 is 6.01 Å². The summed E-state index contributed by atoms with van der Waals surface area (Å²) < 4.78 is 10.6. The Labute approximate surface area is 111 Å². The minimum absolute atomic E-state index is 0.141. The van der Waals surface area contributed by atoms with Crippen molar-refractivity contribution in [1.29, 1.82) is 0 Å². The Bertz CT molecular complexity index is 422. The molecule has 1 saturated heterocycles. The van der Waals surface area contributed by atoms with Crippen molar-refractivity contribution in [2.45, 2.75) is 6.92 Å². The van der Waals surface area contributed by atoms with Gasteiger partial charge in [0.15, 0.2) is 0 Å². The van der Waals surface area contributed by atoms with Crippen molar-refractivity contribution >= 4 is 17.5 Å². The summed E-state index contributed by atoms with van der Waals surface area (Å²) in [7, 11) is 0. The molecule has 0 N–H and O–H groups in total. The molecule has 1 aromatic rings. The van der Waals surface area contributed by atoms with Crippen LogP contribution in [0.5, 0.6) is 6.01 Å². The Kier molecular flexibility index (Phi) is 4.72. The number of nitrogens with zero attached hydrogens (tertiary/aromatic N) is 4. The SMILES string of the molecule is CC=CCOc1nc(Cl)nc(N2CCOCC2)n1. The Hall–Kier alpha value is -1.40. The predicted molar refractivity (Wildman–Crippen MR) is 68.2 cm³/mol. The molecule has 1 aliphatic rings. The van der Waals surface area contributed by atoms with Crippen molar-refractivity contribution in [3.8, 4) is 6.01 Å². The molecule has 1 aromatic heterocycles. The van der Waals surface area contributed by atoms with Gasteiger partial charge in [0.25, 0.3) is 0 Å². The van der Waals surface area contributed by atoms with E-state index in [4.69, 9.17) is 21.1 Å². The molecule has 6 nitrogen and oxygen atoms in total. The van der Waals surface area contributed by atoms with Crippen LogP contribution in [0, 0.1) is 0 Å². The van der Waals surface area contributed by atoms with Crippen LogP contribution in [0.15, 0.2) is 12.2 Å². The summed E-state index contributed by atoms with van der Waals surface area (Å²) in [5, 5.41) is 0.141. The molecule has 0 aliphatic carbocycles. The Morgan fingerprint density at radius 2 is 2.11 bits per heavy atom. The third kappa shape index (κ3) is 3.54. The summed E-state index contributed by atoms with van der Waals surface area (Å²) in [4.78, 5) is 14.3. The van der Waals surface area contributed by atoms with Gasteiger partial charge in [-0.3, -0.25) is 0 Å². The number of aromatic nitrogens is 3. The summed E-state index contributed by atoms with van der Waals surface area (Å²) >= 11 is 5.86. The maximum Gasteiger partial charge on any atom is 0.322 e. The minimum Gasteiger partial charge on any atom is -0.459 e. The Morgan fingerprint density at radius 1 is 1.33 bits per heavy atom. The van der Waals surface area contributed by atoms with Crippen molar-refractivity contribution in [2.75, 3.05) is 37.8 Å². The van der Waals surface area contributed by atoms with Gasteiger partial charge in [0.1, 0.15) is 6.61 Å². The fourth-order valence-electron chi connectivity index (χ4n) is 1.51. The second-order valence-corrected chi connectivity index (χ2v) is 4.00. The lowest BCUT2D eigenvalue weighted by molar-refractivity contribution is 0.122. The van der Waals surface area contributed by atoms with E-state index in [1.54, 1.807) is 0 Å². The first-order valence-electron chi connectivity index (χ1n) is 5.78. The zero-order valence-electron chi connectivity index (χ0n) is 10.2. The molecule has 0 radical (unpaired) electrons. The van der Waals surface area contributed by atoms with Crippen LogP contribution >= 0.6 is 11.6 Å². The first-order chi connectivity index (χ1) is 8.79. The largest absolute Gasteiger partial charge is 0.459 e. The highest BCUT2D eigenvalue weighted by Crippen LogP contribution is 2.16. The van der Waals surface area contributed by atoms with Gasteiger partial charge in [0.05, 0.1) is 13.2 Å². The van der Waals surface area contributed by atoms with Crippen LogP contribution in [0.25, 0.3) is 0 Å². The molecular formula is C11H15ClN4O2. The van der Waals surface area contributed by atoms with E-state index in [1.165, 1.54) is 0 Å². The van der Waals surface area contributed by atoms with Crippen molar-refractivity contribution in [3.63, 3.8) is 0 Å². The first kappa shape index (κ1) is 13.0. The van der Waals surface area contributed by atoms with Crippen molar-refractivity contribution in [1.82, 2.24) is 15.0 Å².